The van der Waals surface area contributed by atoms with Gasteiger partial charge >= 0.3 is 0 Å². The van der Waals surface area contributed by atoms with Crippen molar-refractivity contribution in [2.75, 3.05) is 0 Å². The second-order valence-corrected chi connectivity index (χ2v) is 6.38. The highest BCUT2D eigenvalue weighted by Crippen LogP contribution is 2.23. The number of rotatable bonds is 3. The van der Waals surface area contributed by atoms with E-state index in [4.69, 9.17) is 0 Å². The van der Waals surface area contributed by atoms with Crippen molar-refractivity contribution in [3.63, 3.8) is 0 Å². The smallest absolute Gasteiger partial charge is 0.204 e. The van der Waals surface area contributed by atoms with E-state index in [9.17, 15) is 65.9 Å². The van der Waals surface area contributed by atoms with Crippen LogP contribution in [0.2, 0.25) is 0 Å². The first-order valence-electron chi connectivity index (χ1n) is 8.20. The zero-order valence-electron chi connectivity index (χ0n) is 16.1. The maximum absolute atomic E-state index is 14.4. The Labute approximate surface area is 201 Å². The molecule has 0 heterocycles. The van der Waals surface area contributed by atoms with Crippen LogP contribution in [-0.4, -0.2) is 6.71 Å². The first-order chi connectivity index (χ1) is 15.7. The quantitative estimate of drug-likeness (QED) is 0.173. The van der Waals surface area contributed by atoms with E-state index in [0.29, 0.717) is 0 Å². The summed E-state index contributed by atoms with van der Waals surface area (Å²) in [6.45, 7) is -3.96. The lowest BCUT2D eigenvalue weighted by Crippen LogP contribution is -2.60. The molecule has 3 aromatic rings. The van der Waals surface area contributed by atoms with Crippen LogP contribution < -0.4 is 16.4 Å². The van der Waals surface area contributed by atoms with Gasteiger partial charge < -0.3 is 0 Å². The van der Waals surface area contributed by atoms with Crippen LogP contribution >= 0.6 is 24.8 Å². The average Bonchev–Trinajstić information content (AvgIpc) is 2.81. The molecule has 0 bridgehead atoms. The van der Waals surface area contributed by atoms with Gasteiger partial charge in [0.2, 0.25) is 0 Å². The minimum Gasteiger partial charge on any atom is -0.204 e. The van der Waals surface area contributed by atoms with Crippen molar-refractivity contribution in [2.24, 2.45) is 0 Å². The summed E-state index contributed by atoms with van der Waals surface area (Å²) >= 11 is 0. The normalized spacial score (nSPS) is 10.8. The highest BCUT2D eigenvalue weighted by Gasteiger charge is 2.45. The largest absolute Gasteiger partial charge is 0.265 e. The summed E-state index contributed by atoms with van der Waals surface area (Å²) in [6.07, 6.45) is 0. The molecule has 0 saturated carbocycles. The number of hydrogen-bond acceptors (Lipinski definition) is 0. The second-order valence-electron chi connectivity index (χ2n) is 6.38. The molecular weight excluding hydrogens is 583 g/mol. The van der Waals surface area contributed by atoms with Crippen molar-refractivity contribution in [1.29, 1.82) is 0 Å². The van der Waals surface area contributed by atoms with Gasteiger partial charge in [0.05, 0.1) is 0 Å². The summed E-state index contributed by atoms with van der Waals surface area (Å²) < 4.78 is 209. The Morgan fingerprint density at radius 3 is 0.472 bits per heavy atom. The molecule has 0 unspecified atom stereocenters. The fraction of sp³-hybridized carbons (Fsp3) is 0. The average molecular weight is 585 g/mol. The lowest BCUT2D eigenvalue weighted by atomic mass is 9.36. The summed E-state index contributed by atoms with van der Waals surface area (Å²) in [7, 11) is 0. The Morgan fingerprint density at radius 2 is 0.333 bits per heavy atom. The summed E-state index contributed by atoms with van der Waals surface area (Å²) in [4.78, 5) is 0. The third-order valence-electron chi connectivity index (χ3n) is 4.60. The van der Waals surface area contributed by atoms with Crippen molar-refractivity contribution in [3.05, 3.63) is 87.3 Å². The molecule has 196 valence electrons. The number of hydrogen-bond donors (Lipinski definition) is 0. The fourth-order valence-electron chi connectivity index (χ4n) is 3.06. The molecule has 0 atom stereocenters. The molecule has 0 spiro atoms. The van der Waals surface area contributed by atoms with E-state index in [0.717, 1.165) is 0 Å². The van der Waals surface area contributed by atoms with E-state index in [1.54, 1.807) is 0 Å². The van der Waals surface area contributed by atoms with Crippen LogP contribution in [0.15, 0.2) is 0 Å². The standard InChI is InChI=1S/C18BF15.2ClH/c20-4-1(5(21)11(27)16(32)10(4)26)19(2-6(22)12(28)17(33)13(29)7(2)23)3-8(24)14(30)18(34)15(31)9(3)25;;/h;2*1H. The molecule has 0 fully saturated rings. The van der Waals surface area contributed by atoms with Crippen LogP contribution in [0.3, 0.4) is 0 Å². The van der Waals surface area contributed by atoms with Gasteiger partial charge in [0, 0.05) is 16.4 Å². The first-order valence-corrected chi connectivity index (χ1v) is 8.20. The lowest BCUT2D eigenvalue weighted by molar-refractivity contribution is 0.380. The number of benzene rings is 3. The van der Waals surface area contributed by atoms with Gasteiger partial charge in [-0.15, -0.1) is 24.8 Å². The molecule has 3 aromatic carbocycles. The van der Waals surface area contributed by atoms with E-state index >= 15 is 0 Å². The predicted octanol–water partition coefficient (Wildman–Crippen LogP) is 5.13. The molecular formula is C18H2BCl2F15. The molecule has 0 radical (unpaired) electrons. The van der Waals surface area contributed by atoms with Crippen molar-refractivity contribution in [1.82, 2.24) is 0 Å². The highest BCUT2D eigenvalue weighted by molar-refractivity contribution is 6.95. The molecule has 3 rings (SSSR count). The van der Waals surface area contributed by atoms with Crippen LogP contribution in [-0.2, 0) is 0 Å². The minimum atomic E-state index is -3.96. The molecule has 18 heteroatoms. The monoisotopic (exact) mass is 584 g/mol. The Morgan fingerprint density at radius 1 is 0.222 bits per heavy atom. The van der Waals surface area contributed by atoms with Crippen LogP contribution in [0.5, 0.6) is 0 Å². The molecule has 0 aliphatic heterocycles. The van der Waals surface area contributed by atoms with Crippen molar-refractivity contribution < 1.29 is 65.9 Å². The molecule has 36 heavy (non-hydrogen) atoms. The first kappa shape index (κ1) is 31.3. The van der Waals surface area contributed by atoms with Crippen LogP contribution in [0.25, 0.3) is 0 Å². The van der Waals surface area contributed by atoms with E-state index in [1.165, 1.54) is 0 Å². The molecule has 0 N–H and O–H groups in total. The van der Waals surface area contributed by atoms with Gasteiger partial charge in [-0.05, 0) is 0 Å². The van der Waals surface area contributed by atoms with Gasteiger partial charge in [-0.25, -0.2) is 65.9 Å². The Bertz CT molecular complexity index is 1130. The summed E-state index contributed by atoms with van der Waals surface area (Å²) in [5.41, 5.74) is -8.03. The van der Waals surface area contributed by atoms with Crippen LogP contribution in [0.4, 0.5) is 65.9 Å². The van der Waals surface area contributed by atoms with Gasteiger partial charge in [0.25, 0.3) is 6.71 Å². The van der Waals surface area contributed by atoms with E-state index in [-0.39, 0.29) is 24.8 Å². The molecule has 0 aliphatic carbocycles. The Kier molecular flexibility index (Phi) is 9.30. The van der Waals surface area contributed by atoms with Gasteiger partial charge in [-0.2, -0.15) is 0 Å². The van der Waals surface area contributed by atoms with Crippen molar-refractivity contribution in [3.8, 4) is 0 Å². The summed E-state index contributed by atoms with van der Waals surface area (Å²) in [6, 6.07) is 0. The maximum Gasteiger partial charge on any atom is 0.265 e. The van der Waals surface area contributed by atoms with Crippen LogP contribution in [0, 0.1) is 87.3 Å². The SMILES string of the molecule is Cl.Cl.Fc1c(F)c(F)c(B(c2c(F)c(F)c(F)c(F)c2F)c2c(F)c(F)c(F)c(F)c2F)c(F)c1F. The molecule has 0 aliphatic rings. The molecule has 0 aromatic heterocycles. The highest BCUT2D eigenvalue weighted by atomic mass is 35.5. The zero-order valence-corrected chi connectivity index (χ0v) is 17.7. The predicted molar refractivity (Wildman–Crippen MR) is 97.8 cm³/mol. The Balaban J connectivity index is 0.00000324. The van der Waals surface area contributed by atoms with Gasteiger partial charge in [-0.3, -0.25) is 0 Å². The molecule has 0 nitrogen and oxygen atoms in total. The fourth-order valence-corrected chi connectivity index (χ4v) is 3.06. The van der Waals surface area contributed by atoms with Gasteiger partial charge in [-0.1, -0.05) is 0 Å². The van der Waals surface area contributed by atoms with E-state index < -0.39 is 110 Å². The maximum atomic E-state index is 14.4. The Hall–Kier alpha value is -2.75. The zero-order chi connectivity index (χ0) is 26.0. The lowest BCUT2D eigenvalue weighted by Gasteiger charge is -2.21. The van der Waals surface area contributed by atoms with Gasteiger partial charge in [0.1, 0.15) is 0 Å². The molecule has 0 amide bonds. The summed E-state index contributed by atoms with van der Waals surface area (Å²) in [5, 5.41) is 0. The molecule has 0 saturated heterocycles. The van der Waals surface area contributed by atoms with E-state index in [2.05, 4.69) is 0 Å². The topological polar surface area (TPSA) is 0 Å². The van der Waals surface area contributed by atoms with Crippen LogP contribution in [0.1, 0.15) is 0 Å². The second kappa shape index (κ2) is 10.7. The number of halogens is 17. The van der Waals surface area contributed by atoms with E-state index in [1.807, 2.05) is 0 Å². The van der Waals surface area contributed by atoms with Crippen molar-refractivity contribution in [2.45, 2.75) is 0 Å². The van der Waals surface area contributed by atoms with Crippen molar-refractivity contribution >= 4 is 47.9 Å². The summed E-state index contributed by atoms with van der Waals surface area (Å²) in [5.74, 6) is -45.2. The minimum absolute atomic E-state index is 0. The third kappa shape index (κ3) is 4.33. The van der Waals surface area contributed by atoms with Gasteiger partial charge in [0.15, 0.2) is 87.3 Å². The third-order valence-corrected chi connectivity index (χ3v) is 4.60.